The molecule has 5 aromatic rings. The monoisotopic (exact) mass is 822 g/mol. The number of nitrogens with one attached hydrogen (secondary N) is 2. The van der Waals surface area contributed by atoms with Crippen molar-refractivity contribution in [3.05, 3.63) is 106 Å². The molecule has 0 saturated heterocycles. The Hall–Kier alpha value is -5.92. The molecule has 58 heavy (non-hydrogen) atoms. The van der Waals surface area contributed by atoms with Gasteiger partial charge in [-0.1, -0.05) is 59.6 Å². The number of aromatic amines is 2. The third kappa shape index (κ3) is 8.95. The lowest BCUT2D eigenvalue weighted by molar-refractivity contribution is -0.141. The first kappa shape index (κ1) is 40.3. The van der Waals surface area contributed by atoms with Gasteiger partial charge in [-0.15, -0.1) is 0 Å². The Morgan fingerprint density at radius 3 is 1.36 bits per heavy atom. The van der Waals surface area contributed by atoms with Crippen molar-refractivity contribution in [1.82, 2.24) is 19.9 Å². The predicted octanol–water partition coefficient (Wildman–Crippen LogP) is 9.81. The van der Waals surface area contributed by atoms with Gasteiger partial charge in [-0.2, -0.15) is 0 Å². The summed E-state index contributed by atoms with van der Waals surface area (Å²) in [6.45, 7) is 0.448. The van der Waals surface area contributed by atoms with Crippen LogP contribution < -0.4 is 9.47 Å². The quantitative estimate of drug-likeness (QED) is 0.0736. The number of carboxylic acid groups (broad SMARTS) is 2. The number of aliphatic carboxylic acids is 2. The number of hydrogen-bond acceptors (Lipinski definition) is 8. The van der Waals surface area contributed by atoms with E-state index >= 15 is 0 Å². The topological polar surface area (TPSA) is 169 Å². The van der Waals surface area contributed by atoms with Gasteiger partial charge < -0.3 is 39.1 Å². The third-order valence-corrected chi connectivity index (χ3v) is 10.6. The number of aromatic nitrogens is 4. The molecule has 4 N–H and O–H groups in total. The van der Waals surface area contributed by atoms with Crippen LogP contribution in [0.25, 0.3) is 68.6 Å². The van der Waals surface area contributed by atoms with Gasteiger partial charge in [-0.05, 0) is 60.7 Å². The van der Waals surface area contributed by atoms with Crippen molar-refractivity contribution in [3.8, 4) is 33.8 Å². The average molecular weight is 824 g/mol. The van der Waals surface area contributed by atoms with Gasteiger partial charge in [-0.3, -0.25) is 9.59 Å². The van der Waals surface area contributed by atoms with Gasteiger partial charge in [0.1, 0.15) is 11.5 Å². The van der Waals surface area contributed by atoms with Crippen LogP contribution in [0.3, 0.4) is 0 Å². The zero-order valence-corrected chi connectivity index (χ0v) is 33.1. The Bertz CT molecular complexity index is 2400. The van der Waals surface area contributed by atoms with E-state index in [1.54, 1.807) is 0 Å². The van der Waals surface area contributed by atoms with E-state index in [4.69, 9.17) is 52.1 Å². The fraction of sp³-hybridized carbons (Fsp3) is 0.227. The second kappa shape index (κ2) is 18.1. The number of nitrogens with zero attached hydrogens (tertiary/aromatic N) is 2. The lowest BCUT2D eigenvalue weighted by atomic mass is 10.0. The summed E-state index contributed by atoms with van der Waals surface area (Å²) in [5, 5.41) is 19.3. The Morgan fingerprint density at radius 2 is 0.966 bits per heavy atom. The summed E-state index contributed by atoms with van der Waals surface area (Å²) in [5.41, 5.74) is 7.96. The lowest BCUT2D eigenvalue weighted by Crippen LogP contribution is -2.19. The number of rotatable bonds is 16. The summed E-state index contributed by atoms with van der Waals surface area (Å²) in [4.78, 5) is 39.6. The first-order valence-electron chi connectivity index (χ1n) is 18.5. The van der Waals surface area contributed by atoms with Crippen LogP contribution in [-0.2, 0) is 19.1 Å². The van der Waals surface area contributed by atoms with Gasteiger partial charge in [-0.25, -0.2) is 9.97 Å². The predicted molar refractivity (Wildman–Crippen MR) is 226 cm³/mol. The number of carbonyl (C=O) groups is 2. The third-order valence-electron chi connectivity index (χ3n) is 9.80. The standard InChI is InChI=1S/C44H40Cl2N4O8/c1-55-25(23-39(51)52)19-21-57-37-9-5-3-7-27(37)41-29-11-15-33(47-29)43(45)35-17-13-31(49-35)42(32-14-18-36(50-32)44(46)34-16-12-30(41)48-34)28-8-4-6-10-38(28)58-22-20-26(56-2)24-40(53)54/h3-18,25-26,47,50H,19-24H2,1-2H3,(H,51,52)(H,53,54). The van der Waals surface area contributed by atoms with Gasteiger partial charge in [0.05, 0.1) is 82.1 Å². The molecule has 3 aromatic heterocycles. The van der Waals surface area contributed by atoms with Crippen molar-refractivity contribution in [2.24, 2.45) is 0 Å². The van der Waals surface area contributed by atoms with Crippen LogP contribution >= 0.6 is 23.2 Å². The summed E-state index contributed by atoms with van der Waals surface area (Å²) in [7, 11) is 2.98. The van der Waals surface area contributed by atoms with E-state index in [1.807, 2.05) is 97.1 Å². The van der Waals surface area contributed by atoms with Crippen molar-refractivity contribution < 1.29 is 38.7 Å². The van der Waals surface area contributed by atoms with Crippen LogP contribution in [0, 0.1) is 0 Å². The number of fused-ring (bicyclic) bond motifs is 8. The van der Waals surface area contributed by atoms with E-state index in [1.165, 1.54) is 14.2 Å². The minimum atomic E-state index is -0.942. The number of para-hydroxylation sites is 2. The van der Waals surface area contributed by atoms with Crippen molar-refractivity contribution in [3.63, 3.8) is 0 Å². The fourth-order valence-corrected chi connectivity index (χ4v) is 7.33. The highest BCUT2D eigenvalue weighted by atomic mass is 35.5. The molecule has 2 aliphatic rings. The molecule has 0 fully saturated rings. The Balaban J connectivity index is 1.37. The molecule has 2 unspecified atom stereocenters. The fourth-order valence-electron chi connectivity index (χ4n) is 6.90. The molecule has 8 bridgehead atoms. The maximum Gasteiger partial charge on any atom is 0.305 e. The zero-order chi connectivity index (χ0) is 40.8. The van der Waals surface area contributed by atoms with Crippen LogP contribution in [0.1, 0.15) is 48.5 Å². The molecule has 2 aromatic carbocycles. The lowest BCUT2D eigenvalue weighted by Gasteiger charge is -2.16. The first-order chi connectivity index (χ1) is 28.1. The van der Waals surface area contributed by atoms with Crippen LogP contribution in [-0.4, -0.2) is 81.7 Å². The van der Waals surface area contributed by atoms with Gasteiger partial charge in [0, 0.05) is 60.3 Å². The minimum Gasteiger partial charge on any atom is -0.493 e. The molecule has 298 valence electrons. The molecule has 7 rings (SSSR count). The van der Waals surface area contributed by atoms with Crippen LogP contribution in [0.2, 0.25) is 10.0 Å². The van der Waals surface area contributed by atoms with Crippen LogP contribution in [0.4, 0.5) is 0 Å². The molecular formula is C44H40Cl2N4O8. The Kier molecular flexibility index (Phi) is 12.6. The maximum atomic E-state index is 11.3. The Labute approximate surface area is 343 Å². The molecule has 2 atom stereocenters. The molecule has 14 heteroatoms. The molecule has 12 nitrogen and oxygen atoms in total. The van der Waals surface area contributed by atoms with Crippen LogP contribution in [0.15, 0.2) is 72.8 Å². The number of ether oxygens (including phenoxy) is 4. The van der Waals surface area contributed by atoms with E-state index < -0.39 is 24.1 Å². The molecule has 0 saturated carbocycles. The van der Waals surface area contributed by atoms with Gasteiger partial charge in [0.25, 0.3) is 0 Å². The molecule has 0 radical (unpaired) electrons. The normalized spacial score (nSPS) is 13.0. The summed E-state index contributed by atoms with van der Waals surface area (Å²) in [6, 6.07) is 22.8. The van der Waals surface area contributed by atoms with Crippen molar-refractivity contribution >= 4 is 81.5 Å². The number of carboxylic acids is 2. The maximum absolute atomic E-state index is 11.3. The number of methoxy groups -OCH3 is 2. The molecule has 5 heterocycles. The second-order valence-corrected chi connectivity index (χ2v) is 14.3. The molecule has 0 aliphatic carbocycles. The molecular weight excluding hydrogens is 783 g/mol. The van der Waals surface area contributed by atoms with Crippen molar-refractivity contribution in [2.45, 2.75) is 37.9 Å². The molecule has 2 aliphatic heterocycles. The number of hydrogen-bond donors (Lipinski definition) is 4. The molecule has 0 spiro atoms. The summed E-state index contributed by atoms with van der Waals surface area (Å²) in [5.74, 6) is -0.736. The average Bonchev–Trinajstić information content (AvgIpc) is 4.06. The van der Waals surface area contributed by atoms with E-state index in [0.717, 1.165) is 22.3 Å². The first-order valence-corrected chi connectivity index (χ1v) is 19.3. The van der Waals surface area contributed by atoms with E-state index in [-0.39, 0.29) is 26.1 Å². The molecule has 0 amide bonds. The smallest absolute Gasteiger partial charge is 0.305 e. The second-order valence-electron chi connectivity index (χ2n) is 13.6. The van der Waals surface area contributed by atoms with E-state index in [0.29, 0.717) is 79.2 Å². The number of benzene rings is 2. The summed E-state index contributed by atoms with van der Waals surface area (Å²) < 4.78 is 23.3. The van der Waals surface area contributed by atoms with Crippen molar-refractivity contribution in [2.75, 3.05) is 27.4 Å². The largest absolute Gasteiger partial charge is 0.493 e. The summed E-state index contributed by atoms with van der Waals surface area (Å²) >= 11 is 14.2. The highest BCUT2D eigenvalue weighted by Gasteiger charge is 2.21. The van der Waals surface area contributed by atoms with Gasteiger partial charge in [0.2, 0.25) is 0 Å². The Morgan fingerprint density at radius 1 is 0.586 bits per heavy atom. The zero-order valence-electron chi connectivity index (χ0n) is 31.6. The van der Waals surface area contributed by atoms with E-state index in [9.17, 15) is 19.8 Å². The van der Waals surface area contributed by atoms with Crippen molar-refractivity contribution in [1.29, 1.82) is 0 Å². The minimum absolute atomic E-state index is 0.130. The number of H-pyrrole nitrogens is 2. The highest BCUT2D eigenvalue weighted by Crippen LogP contribution is 2.40. The highest BCUT2D eigenvalue weighted by molar-refractivity contribution is 6.36. The van der Waals surface area contributed by atoms with Crippen LogP contribution in [0.5, 0.6) is 11.5 Å². The summed E-state index contributed by atoms with van der Waals surface area (Å²) in [6.07, 6.45) is 7.00. The number of halogens is 2. The van der Waals surface area contributed by atoms with Gasteiger partial charge in [0.15, 0.2) is 0 Å². The van der Waals surface area contributed by atoms with E-state index in [2.05, 4.69) is 9.97 Å². The van der Waals surface area contributed by atoms with Gasteiger partial charge >= 0.3 is 11.9 Å². The SMILES string of the molecule is COC(CCOc1ccccc1-c1c2nc(c(Cl)c3ccc([nH]3)c(-c3ccccc3OCCC(CC(=O)O)OC)c3nc(c(Cl)c4ccc1[nH]4)C=C3)C=C2)CC(=O)O.